The summed E-state index contributed by atoms with van der Waals surface area (Å²) in [4.78, 5) is 32.1. The van der Waals surface area contributed by atoms with Crippen LogP contribution in [0.15, 0.2) is 41.7 Å². The van der Waals surface area contributed by atoms with Crippen molar-refractivity contribution >= 4 is 24.1 Å². The van der Waals surface area contributed by atoms with E-state index in [9.17, 15) is 24.9 Å². The molecular formula is C20H24N4O5. The minimum Gasteiger partial charge on any atom is -0.480 e. The van der Waals surface area contributed by atoms with Crippen molar-refractivity contribution in [3.05, 3.63) is 47.9 Å². The van der Waals surface area contributed by atoms with Crippen LogP contribution in [0.2, 0.25) is 0 Å². The lowest BCUT2D eigenvalue weighted by molar-refractivity contribution is -0.165. The summed E-state index contributed by atoms with van der Waals surface area (Å²) in [7, 11) is 0. The zero-order chi connectivity index (χ0) is 20.9. The molecule has 9 nitrogen and oxygen atoms in total. The maximum Gasteiger partial charge on any atom is 0.321 e. The lowest BCUT2D eigenvalue weighted by Crippen LogP contribution is -2.41. The van der Waals surface area contributed by atoms with Crippen molar-refractivity contribution in [1.82, 2.24) is 9.55 Å². The Morgan fingerprint density at radius 1 is 1.17 bits per heavy atom. The van der Waals surface area contributed by atoms with E-state index in [1.807, 2.05) is 4.57 Å². The predicted molar refractivity (Wildman–Crippen MR) is 106 cm³/mol. The Kier molecular flexibility index (Phi) is 6.28. The van der Waals surface area contributed by atoms with Gasteiger partial charge in [0, 0.05) is 6.54 Å². The van der Waals surface area contributed by atoms with Crippen molar-refractivity contribution in [3.8, 4) is 0 Å². The van der Waals surface area contributed by atoms with Crippen LogP contribution in [0, 0.1) is 5.41 Å². The first kappa shape index (κ1) is 20.5. The molecule has 2 aromatic rings. The van der Waals surface area contributed by atoms with Gasteiger partial charge in [0.15, 0.2) is 5.41 Å². The topological polar surface area (TPSA) is 137 Å². The summed E-state index contributed by atoms with van der Waals surface area (Å²) in [6, 6.07) is 8.80. The number of aliphatic hydroxyl groups is 1. The van der Waals surface area contributed by atoms with Crippen LogP contribution in [-0.2, 0) is 22.6 Å². The van der Waals surface area contributed by atoms with Gasteiger partial charge in [-0.2, -0.15) is 0 Å². The quantitative estimate of drug-likeness (QED) is 0.373. The fourth-order valence-electron chi connectivity index (χ4n) is 3.51. The molecule has 9 heteroatoms. The van der Waals surface area contributed by atoms with E-state index in [2.05, 4.69) is 15.3 Å². The molecule has 1 aliphatic heterocycles. The number of hydrogen-bond donors (Lipinski definition) is 4. The third-order valence-electron chi connectivity index (χ3n) is 5.17. The molecule has 0 fully saturated rings. The number of aliphatic imine (C=N–C) groups is 1. The largest absolute Gasteiger partial charge is 0.480 e. The van der Waals surface area contributed by atoms with Crippen LogP contribution in [0.4, 0.5) is 5.82 Å². The third-order valence-corrected chi connectivity index (χ3v) is 5.17. The van der Waals surface area contributed by atoms with Crippen LogP contribution in [0.5, 0.6) is 0 Å². The molecule has 0 radical (unpaired) electrons. The number of aromatic nitrogens is 2. The number of carboxylic acids is 2. The molecule has 3 rings (SSSR count). The lowest BCUT2D eigenvalue weighted by atomic mass is 9.77. The number of aryl methyl sites for hydroxylation is 1. The maximum atomic E-state index is 11.9. The van der Waals surface area contributed by atoms with E-state index in [-0.39, 0.29) is 19.4 Å². The average Bonchev–Trinajstić information content (AvgIpc) is 3.01. The first-order valence-corrected chi connectivity index (χ1v) is 9.42. The first-order chi connectivity index (χ1) is 13.9. The van der Waals surface area contributed by atoms with Gasteiger partial charge in [-0.3, -0.25) is 14.6 Å². The number of carboxylic acid groups (broad SMARTS) is 2. The van der Waals surface area contributed by atoms with Crippen LogP contribution in [-0.4, -0.2) is 49.7 Å². The highest BCUT2D eigenvalue weighted by atomic mass is 16.4. The van der Waals surface area contributed by atoms with Gasteiger partial charge in [0.05, 0.1) is 19.2 Å². The van der Waals surface area contributed by atoms with Gasteiger partial charge in [0.1, 0.15) is 17.6 Å². The van der Waals surface area contributed by atoms with E-state index >= 15 is 0 Å². The van der Waals surface area contributed by atoms with Crippen LogP contribution < -0.4 is 5.32 Å². The minimum absolute atomic E-state index is 0.0148. The van der Waals surface area contributed by atoms with E-state index in [1.165, 1.54) is 6.34 Å². The molecule has 1 atom stereocenters. The molecule has 0 aliphatic carbocycles. The van der Waals surface area contributed by atoms with E-state index in [0.29, 0.717) is 36.5 Å². The molecular weight excluding hydrogens is 376 g/mol. The number of nitrogens with one attached hydrogen (secondary N) is 1. The smallest absolute Gasteiger partial charge is 0.321 e. The molecule has 1 aromatic carbocycles. The second-order valence-corrected chi connectivity index (χ2v) is 7.14. The number of carbonyl (C=O) groups is 2. The number of aliphatic carboxylic acids is 2. The molecule has 154 valence electrons. The normalized spacial score (nSPS) is 16.0. The molecule has 4 N–H and O–H groups in total. The molecule has 0 amide bonds. The third kappa shape index (κ3) is 4.45. The Morgan fingerprint density at radius 2 is 1.90 bits per heavy atom. The lowest BCUT2D eigenvalue weighted by Gasteiger charge is -2.25. The molecule has 29 heavy (non-hydrogen) atoms. The van der Waals surface area contributed by atoms with Gasteiger partial charge in [-0.15, -0.1) is 0 Å². The van der Waals surface area contributed by atoms with Gasteiger partial charge in [0.25, 0.3) is 0 Å². The summed E-state index contributed by atoms with van der Waals surface area (Å²) < 4.78 is 1.82. The summed E-state index contributed by atoms with van der Waals surface area (Å²) in [6.07, 6.45) is 3.25. The Morgan fingerprint density at radius 3 is 2.59 bits per heavy atom. The molecule has 0 saturated heterocycles. The van der Waals surface area contributed by atoms with Gasteiger partial charge in [-0.1, -0.05) is 30.3 Å². The summed E-state index contributed by atoms with van der Waals surface area (Å²) in [5.41, 5.74) is -0.680. The Bertz CT molecular complexity index is 880. The number of imidazole rings is 1. The number of rotatable bonds is 9. The predicted octanol–water partition coefficient (Wildman–Crippen LogP) is 1.94. The van der Waals surface area contributed by atoms with Crippen LogP contribution in [0.1, 0.15) is 36.6 Å². The number of fused-ring (bicyclic) bond motifs is 1. The highest BCUT2D eigenvalue weighted by Crippen LogP contribution is 2.31. The SMILES string of the molecule is O=C(O)C(CCCCn1cnc2c1NC=NCC2O)(Cc1ccccc1)C(=O)O. The molecule has 1 aliphatic rings. The van der Waals surface area contributed by atoms with Gasteiger partial charge < -0.3 is 25.2 Å². The van der Waals surface area contributed by atoms with Gasteiger partial charge in [-0.05, 0) is 31.2 Å². The summed E-state index contributed by atoms with van der Waals surface area (Å²) in [5.74, 6) is -2.01. The second-order valence-electron chi connectivity index (χ2n) is 7.14. The molecule has 1 aromatic heterocycles. The Labute approximate surface area is 167 Å². The average molecular weight is 400 g/mol. The molecule has 0 spiro atoms. The fourth-order valence-corrected chi connectivity index (χ4v) is 3.51. The van der Waals surface area contributed by atoms with Gasteiger partial charge in [-0.25, -0.2) is 4.98 Å². The van der Waals surface area contributed by atoms with Crippen molar-refractivity contribution in [2.75, 3.05) is 11.9 Å². The van der Waals surface area contributed by atoms with E-state index in [0.717, 1.165) is 0 Å². The highest BCUT2D eigenvalue weighted by Gasteiger charge is 2.46. The molecule has 0 bridgehead atoms. The summed E-state index contributed by atoms with van der Waals surface area (Å²) in [6.45, 7) is 0.743. The van der Waals surface area contributed by atoms with Crippen molar-refractivity contribution in [2.45, 2.75) is 38.3 Å². The van der Waals surface area contributed by atoms with Crippen LogP contribution >= 0.6 is 0 Å². The number of benzene rings is 1. The first-order valence-electron chi connectivity index (χ1n) is 9.42. The number of anilines is 1. The monoisotopic (exact) mass is 400 g/mol. The second kappa shape index (κ2) is 8.87. The van der Waals surface area contributed by atoms with E-state index in [4.69, 9.17) is 0 Å². The number of nitrogens with zero attached hydrogens (tertiary/aromatic N) is 3. The van der Waals surface area contributed by atoms with Crippen molar-refractivity contribution in [2.24, 2.45) is 10.4 Å². The van der Waals surface area contributed by atoms with E-state index in [1.54, 1.807) is 36.7 Å². The summed E-state index contributed by atoms with van der Waals surface area (Å²) >= 11 is 0. The Balaban J connectivity index is 1.66. The van der Waals surface area contributed by atoms with Crippen LogP contribution in [0.25, 0.3) is 0 Å². The summed E-state index contributed by atoms with van der Waals surface area (Å²) in [5, 5.41) is 32.4. The van der Waals surface area contributed by atoms with Crippen molar-refractivity contribution < 1.29 is 24.9 Å². The number of hydrogen-bond acceptors (Lipinski definition) is 6. The van der Waals surface area contributed by atoms with Crippen LogP contribution in [0.3, 0.4) is 0 Å². The minimum atomic E-state index is -1.87. The standard InChI is InChI=1S/C20H24N4O5/c25-15-11-21-12-22-17-16(15)23-13-24(17)9-5-4-8-20(18(26)27,19(28)29)10-14-6-2-1-3-7-14/h1-3,6-7,12-13,15,25H,4-5,8-11H2,(H,21,22)(H,26,27)(H,28,29). The number of aliphatic hydroxyl groups excluding tert-OH is 1. The van der Waals surface area contributed by atoms with Crippen molar-refractivity contribution in [1.29, 1.82) is 0 Å². The van der Waals surface area contributed by atoms with Crippen molar-refractivity contribution in [3.63, 3.8) is 0 Å². The van der Waals surface area contributed by atoms with Gasteiger partial charge in [0.2, 0.25) is 0 Å². The molecule has 1 unspecified atom stereocenters. The maximum absolute atomic E-state index is 11.9. The zero-order valence-electron chi connectivity index (χ0n) is 15.9. The number of unbranched alkanes of at least 4 members (excludes halogenated alkanes) is 1. The highest BCUT2D eigenvalue weighted by molar-refractivity contribution is 5.98. The molecule has 2 heterocycles. The zero-order valence-corrected chi connectivity index (χ0v) is 15.9. The fraction of sp³-hybridized carbons (Fsp3) is 0.400. The molecule has 0 saturated carbocycles. The van der Waals surface area contributed by atoms with Gasteiger partial charge >= 0.3 is 11.9 Å². The Hall–Kier alpha value is -3.20. The van der Waals surface area contributed by atoms with E-state index < -0.39 is 23.5 Å².